The number of rotatable bonds is 5. The molecule has 0 spiro atoms. The number of amides is 1. The standard InChI is InChI=1S/C11H16N4O2/c1-7-8(2)17-9(3)10(7)11(16)13-5-4-6-14-15-12/h4-6H2,1-3H3,(H,13,16). The lowest BCUT2D eigenvalue weighted by molar-refractivity contribution is 0.0951. The molecular formula is C11H16N4O2. The summed E-state index contributed by atoms with van der Waals surface area (Å²) in [5, 5.41) is 6.16. The number of azide groups is 1. The molecule has 0 fully saturated rings. The van der Waals surface area contributed by atoms with Gasteiger partial charge in [-0.05, 0) is 32.7 Å². The maximum atomic E-state index is 11.9. The van der Waals surface area contributed by atoms with Crippen molar-refractivity contribution < 1.29 is 9.21 Å². The predicted octanol–water partition coefficient (Wildman–Crippen LogP) is 2.64. The summed E-state index contributed by atoms with van der Waals surface area (Å²) in [7, 11) is 0. The monoisotopic (exact) mass is 236 g/mol. The molecule has 0 aliphatic carbocycles. The first kappa shape index (κ1) is 13.1. The molecule has 0 aromatic carbocycles. The number of aryl methyl sites for hydroxylation is 2. The van der Waals surface area contributed by atoms with Crippen molar-refractivity contribution in [1.29, 1.82) is 0 Å². The Labute approximate surface area is 99.6 Å². The summed E-state index contributed by atoms with van der Waals surface area (Å²) in [6.45, 7) is 6.34. The van der Waals surface area contributed by atoms with E-state index >= 15 is 0 Å². The highest BCUT2D eigenvalue weighted by molar-refractivity contribution is 5.96. The average Bonchev–Trinajstić information content (AvgIpc) is 2.53. The molecule has 0 aliphatic rings. The number of hydrogen-bond donors (Lipinski definition) is 1. The third-order valence-corrected chi connectivity index (χ3v) is 2.57. The van der Waals surface area contributed by atoms with Crippen LogP contribution in [0.1, 0.15) is 33.9 Å². The molecule has 92 valence electrons. The van der Waals surface area contributed by atoms with Crippen LogP contribution in [0.4, 0.5) is 0 Å². The second-order valence-electron chi connectivity index (χ2n) is 3.78. The topological polar surface area (TPSA) is 91.0 Å². The summed E-state index contributed by atoms with van der Waals surface area (Å²) in [5.74, 6) is 1.26. The van der Waals surface area contributed by atoms with Crippen LogP contribution in [-0.4, -0.2) is 19.0 Å². The third kappa shape index (κ3) is 3.26. The smallest absolute Gasteiger partial charge is 0.255 e. The van der Waals surface area contributed by atoms with Gasteiger partial charge < -0.3 is 9.73 Å². The number of nitrogens with one attached hydrogen (secondary N) is 1. The molecule has 1 heterocycles. The van der Waals surface area contributed by atoms with Gasteiger partial charge in [0.05, 0.1) is 5.56 Å². The molecule has 17 heavy (non-hydrogen) atoms. The van der Waals surface area contributed by atoms with Crippen molar-refractivity contribution in [3.8, 4) is 0 Å². The highest BCUT2D eigenvalue weighted by Crippen LogP contribution is 2.20. The predicted molar refractivity (Wildman–Crippen MR) is 63.9 cm³/mol. The molecule has 1 aromatic rings. The summed E-state index contributed by atoms with van der Waals surface area (Å²) in [6.07, 6.45) is 0.630. The van der Waals surface area contributed by atoms with Gasteiger partial charge in [0.2, 0.25) is 0 Å². The Bertz CT molecular complexity index is 458. The summed E-state index contributed by atoms with van der Waals surface area (Å²) in [5.41, 5.74) is 9.56. The Morgan fingerprint density at radius 1 is 1.41 bits per heavy atom. The van der Waals surface area contributed by atoms with Crippen molar-refractivity contribution in [3.05, 3.63) is 33.1 Å². The van der Waals surface area contributed by atoms with Gasteiger partial charge in [-0.2, -0.15) is 0 Å². The normalized spacial score (nSPS) is 9.82. The molecule has 1 amide bonds. The fourth-order valence-corrected chi connectivity index (χ4v) is 1.61. The highest BCUT2D eigenvalue weighted by atomic mass is 16.3. The van der Waals surface area contributed by atoms with Gasteiger partial charge in [-0.3, -0.25) is 4.79 Å². The lowest BCUT2D eigenvalue weighted by atomic mass is 10.1. The molecule has 0 saturated heterocycles. The number of nitrogens with zero attached hydrogens (tertiary/aromatic N) is 3. The van der Waals surface area contributed by atoms with Crippen molar-refractivity contribution in [2.45, 2.75) is 27.2 Å². The number of hydrogen-bond acceptors (Lipinski definition) is 3. The largest absolute Gasteiger partial charge is 0.466 e. The minimum absolute atomic E-state index is 0.141. The summed E-state index contributed by atoms with van der Waals surface area (Å²) in [4.78, 5) is 14.5. The van der Waals surface area contributed by atoms with Crippen LogP contribution in [0.5, 0.6) is 0 Å². The van der Waals surface area contributed by atoms with Crippen LogP contribution in [0, 0.1) is 20.8 Å². The zero-order chi connectivity index (χ0) is 12.8. The van der Waals surface area contributed by atoms with Crippen LogP contribution in [0.25, 0.3) is 10.4 Å². The van der Waals surface area contributed by atoms with E-state index in [-0.39, 0.29) is 5.91 Å². The van der Waals surface area contributed by atoms with Crippen molar-refractivity contribution in [1.82, 2.24) is 5.32 Å². The first-order valence-electron chi connectivity index (χ1n) is 5.43. The van der Waals surface area contributed by atoms with Crippen LogP contribution in [0.3, 0.4) is 0 Å². The summed E-state index contributed by atoms with van der Waals surface area (Å²) >= 11 is 0. The number of carbonyl (C=O) groups is 1. The van der Waals surface area contributed by atoms with Crippen molar-refractivity contribution >= 4 is 5.91 Å². The van der Waals surface area contributed by atoms with Gasteiger partial charge in [-0.1, -0.05) is 5.11 Å². The van der Waals surface area contributed by atoms with Gasteiger partial charge in [0.15, 0.2) is 0 Å². The van der Waals surface area contributed by atoms with Crippen molar-refractivity contribution in [3.63, 3.8) is 0 Å². The molecule has 1 N–H and O–H groups in total. The minimum atomic E-state index is -0.141. The molecule has 0 radical (unpaired) electrons. The molecule has 0 saturated carbocycles. The van der Waals surface area contributed by atoms with E-state index in [1.54, 1.807) is 6.92 Å². The van der Waals surface area contributed by atoms with Crippen molar-refractivity contribution in [2.24, 2.45) is 5.11 Å². The summed E-state index contributed by atoms with van der Waals surface area (Å²) in [6, 6.07) is 0. The summed E-state index contributed by atoms with van der Waals surface area (Å²) < 4.78 is 5.38. The molecule has 0 aliphatic heterocycles. The van der Waals surface area contributed by atoms with E-state index < -0.39 is 0 Å². The van der Waals surface area contributed by atoms with Crippen LogP contribution in [0.2, 0.25) is 0 Å². The molecule has 1 aromatic heterocycles. The first-order valence-corrected chi connectivity index (χ1v) is 5.43. The van der Waals surface area contributed by atoms with Gasteiger partial charge in [0.25, 0.3) is 5.91 Å². The lowest BCUT2D eigenvalue weighted by Gasteiger charge is -2.03. The quantitative estimate of drug-likeness (QED) is 0.368. The zero-order valence-corrected chi connectivity index (χ0v) is 10.3. The first-order chi connectivity index (χ1) is 8.07. The van der Waals surface area contributed by atoms with Gasteiger partial charge >= 0.3 is 0 Å². The van der Waals surface area contributed by atoms with Crippen molar-refractivity contribution in [2.75, 3.05) is 13.1 Å². The maximum absolute atomic E-state index is 11.9. The van der Waals surface area contributed by atoms with Gasteiger partial charge in [0.1, 0.15) is 11.5 Å². The van der Waals surface area contributed by atoms with Crippen LogP contribution >= 0.6 is 0 Å². The Kier molecular flexibility index (Phi) is 4.60. The van der Waals surface area contributed by atoms with E-state index in [2.05, 4.69) is 15.3 Å². The molecule has 0 unspecified atom stereocenters. The minimum Gasteiger partial charge on any atom is -0.466 e. The van der Waals surface area contributed by atoms with E-state index in [4.69, 9.17) is 9.95 Å². The average molecular weight is 236 g/mol. The molecule has 6 nitrogen and oxygen atoms in total. The maximum Gasteiger partial charge on any atom is 0.255 e. The molecule has 0 bridgehead atoms. The Morgan fingerprint density at radius 3 is 2.65 bits per heavy atom. The van der Waals surface area contributed by atoms with Gasteiger partial charge in [-0.25, -0.2) is 0 Å². The number of furan rings is 1. The fraction of sp³-hybridized carbons (Fsp3) is 0.545. The Hall–Kier alpha value is -1.94. The highest BCUT2D eigenvalue weighted by Gasteiger charge is 2.17. The Morgan fingerprint density at radius 2 is 2.12 bits per heavy atom. The molecule has 6 heteroatoms. The van der Waals surface area contributed by atoms with E-state index in [0.717, 1.165) is 11.3 Å². The van der Waals surface area contributed by atoms with Crippen LogP contribution in [0.15, 0.2) is 9.53 Å². The zero-order valence-electron chi connectivity index (χ0n) is 10.3. The van der Waals surface area contributed by atoms with Crippen LogP contribution in [-0.2, 0) is 0 Å². The number of carbonyl (C=O) groups excluding carboxylic acids is 1. The SMILES string of the molecule is Cc1oc(C)c(C(=O)NCCCN=[N+]=[N-])c1C. The second kappa shape index (κ2) is 5.96. The second-order valence-corrected chi connectivity index (χ2v) is 3.78. The molecule has 0 atom stereocenters. The Balaban J connectivity index is 2.55. The molecule has 1 rings (SSSR count). The van der Waals surface area contributed by atoms with E-state index in [1.807, 2.05) is 13.8 Å². The van der Waals surface area contributed by atoms with E-state index in [0.29, 0.717) is 30.8 Å². The van der Waals surface area contributed by atoms with E-state index in [1.165, 1.54) is 0 Å². The molecular weight excluding hydrogens is 220 g/mol. The lowest BCUT2D eigenvalue weighted by Crippen LogP contribution is -2.25. The van der Waals surface area contributed by atoms with Gasteiger partial charge in [0, 0.05) is 23.6 Å². The fourth-order valence-electron chi connectivity index (χ4n) is 1.61. The van der Waals surface area contributed by atoms with Gasteiger partial charge in [-0.15, -0.1) is 0 Å². The van der Waals surface area contributed by atoms with E-state index in [9.17, 15) is 4.79 Å². The van der Waals surface area contributed by atoms with Crippen LogP contribution < -0.4 is 5.32 Å². The third-order valence-electron chi connectivity index (χ3n) is 2.57.